The first-order chi connectivity index (χ1) is 15.8. The SMILES string of the molecule is CC(C(=O)NC(C)(C)C)N(C(=O)CS(=O)CC(=O)Nc1ccc(F)cc1)c1ccc(F)c(Cl)c1. The second-order valence-electron chi connectivity index (χ2n) is 8.56. The molecule has 0 aliphatic heterocycles. The second-order valence-corrected chi connectivity index (χ2v) is 10.4. The molecule has 2 unspecified atom stereocenters. The Labute approximate surface area is 204 Å². The minimum absolute atomic E-state index is 0.140. The summed E-state index contributed by atoms with van der Waals surface area (Å²) in [6.45, 7) is 6.79. The zero-order valence-corrected chi connectivity index (χ0v) is 20.7. The molecule has 2 N–H and O–H groups in total. The molecule has 0 aromatic heterocycles. The molecule has 7 nitrogen and oxygen atoms in total. The van der Waals surface area contributed by atoms with Gasteiger partial charge in [0.1, 0.15) is 29.2 Å². The summed E-state index contributed by atoms with van der Waals surface area (Å²) in [6, 6.07) is 7.49. The Balaban J connectivity index is 2.17. The van der Waals surface area contributed by atoms with Crippen LogP contribution >= 0.6 is 11.6 Å². The van der Waals surface area contributed by atoms with Crippen LogP contribution in [0.15, 0.2) is 42.5 Å². The number of carbonyl (C=O) groups is 3. The number of hydrogen-bond acceptors (Lipinski definition) is 4. The van der Waals surface area contributed by atoms with E-state index in [2.05, 4.69) is 10.6 Å². The van der Waals surface area contributed by atoms with Crippen molar-refractivity contribution in [3.8, 4) is 0 Å². The molecule has 11 heteroatoms. The summed E-state index contributed by atoms with van der Waals surface area (Å²) in [6.07, 6.45) is 0. The summed E-state index contributed by atoms with van der Waals surface area (Å²) in [4.78, 5) is 39.1. The summed E-state index contributed by atoms with van der Waals surface area (Å²) >= 11 is 5.86. The maximum absolute atomic E-state index is 13.7. The summed E-state index contributed by atoms with van der Waals surface area (Å²) < 4.78 is 39.2. The largest absolute Gasteiger partial charge is 0.350 e. The van der Waals surface area contributed by atoms with E-state index in [9.17, 15) is 27.4 Å². The fraction of sp³-hybridized carbons (Fsp3) is 0.348. The monoisotopic (exact) mass is 513 g/mol. The Hall–Kier alpha value is -2.85. The summed E-state index contributed by atoms with van der Waals surface area (Å²) in [7, 11) is -1.93. The lowest BCUT2D eigenvalue weighted by atomic mass is 10.1. The third-order valence-corrected chi connectivity index (χ3v) is 5.86. The Kier molecular flexibility index (Phi) is 9.29. The van der Waals surface area contributed by atoms with Crippen LogP contribution in [0, 0.1) is 11.6 Å². The van der Waals surface area contributed by atoms with Crippen LogP contribution in [0.1, 0.15) is 27.7 Å². The smallest absolute Gasteiger partial charge is 0.243 e. The highest BCUT2D eigenvalue weighted by molar-refractivity contribution is 7.86. The molecule has 0 aliphatic rings. The van der Waals surface area contributed by atoms with E-state index in [1.165, 1.54) is 31.2 Å². The molecule has 0 saturated heterocycles. The Morgan fingerprint density at radius 1 is 1.06 bits per heavy atom. The van der Waals surface area contributed by atoms with Gasteiger partial charge in [0, 0.05) is 27.7 Å². The van der Waals surface area contributed by atoms with Gasteiger partial charge in [0.15, 0.2) is 0 Å². The molecule has 0 bridgehead atoms. The molecule has 0 radical (unpaired) electrons. The van der Waals surface area contributed by atoms with Crippen LogP contribution < -0.4 is 15.5 Å². The van der Waals surface area contributed by atoms with E-state index in [1.807, 2.05) is 0 Å². The lowest BCUT2D eigenvalue weighted by Crippen LogP contribution is -2.53. The van der Waals surface area contributed by atoms with Crippen LogP contribution in [-0.2, 0) is 25.2 Å². The van der Waals surface area contributed by atoms with Crippen LogP contribution in [0.2, 0.25) is 5.02 Å². The summed E-state index contributed by atoms with van der Waals surface area (Å²) in [5.74, 6) is -4.08. The van der Waals surface area contributed by atoms with E-state index in [4.69, 9.17) is 11.6 Å². The Morgan fingerprint density at radius 3 is 2.24 bits per heavy atom. The molecular formula is C23H26ClF2N3O4S. The molecule has 0 aliphatic carbocycles. The summed E-state index contributed by atoms with van der Waals surface area (Å²) in [5.41, 5.74) is -0.132. The van der Waals surface area contributed by atoms with Crippen molar-refractivity contribution in [2.75, 3.05) is 21.7 Å². The Morgan fingerprint density at radius 2 is 1.68 bits per heavy atom. The molecule has 0 fully saturated rings. The van der Waals surface area contributed by atoms with Gasteiger partial charge >= 0.3 is 0 Å². The van der Waals surface area contributed by atoms with Crippen molar-refractivity contribution in [2.24, 2.45) is 0 Å². The average Bonchev–Trinajstić information content (AvgIpc) is 2.71. The number of nitrogens with one attached hydrogen (secondary N) is 2. The lowest BCUT2D eigenvalue weighted by molar-refractivity contribution is -0.126. The number of nitrogens with zero attached hydrogens (tertiary/aromatic N) is 1. The van der Waals surface area contributed by atoms with Gasteiger partial charge in [-0.15, -0.1) is 0 Å². The number of halogens is 3. The van der Waals surface area contributed by atoms with Gasteiger partial charge < -0.3 is 10.6 Å². The molecule has 34 heavy (non-hydrogen) atoms. The highest BCUT2D eigenvalue weighted by atomic mass is 35.5. The van der Waals surface area contributed by atoms with Gasteiger partial charge in [-0.05, 0) is 70.2 Å². The van der Waals surface area contributed by atoms with Gasteiger partial charge in [-0.3, -0.25) is 23.5 Å². The van der Waals surface area contributed by atoms with Gasteiger partial charge in [0.2, 0.25) is 17.7 Å². The third-order valence-electron chi connectivity index (χ3n) is 4.42. The van der Waals surface area contributed by atoms with Gasteiger partial charge in [-0.25, -0.2) is 8.78 Å². The predicted molar refractivity (Wildman–Crippen MR) is 129 cm³/mol. The molecule has 2 rings (SSSR count). The van der Waals surface area contributed by atoms with Crippen molar-refractivity contribution in [1.29, 1.82) is 0 Å². The van der Waals surface area contributed by atoms with E-state index in [0.29, 0.717) is 5.69 Å². The minimum Gasteiger partial charge on any atom is -0.350 e. The van der Waals surface area contributed by atoms with Crippen molar-refractivity contribution in [1.82, 2.24) is 5.32 Å². The molecule has 2 aromatic rings. The Bertz CT molecular complexity index is 1090. The fourth-order valence-electron chi connectivity index (χ4n) is 2.94. The van der Waals surface area contributed by atoms with Crippen LogP contribution in [0.5, 0.6) is 0 Å². The quantitative estimate of drug-likeness (QED) is 0.563. The normalized spacial score (nSPS) is 13.0. The van der Waals surface area contributed by atoms with Crippen molar-refractivity contribution in [3.05, 3.63) is 59.1 Å². The number of amides is 3. The number of benzene rings is 2. The van der Waals surface area contributed by atoms with E-state index in [-0.39, 0.29) is 10.7 Å². The maximum atomic E-state index is 13.7. The molecule has 2 aromatic carbocycles. The maximum Gasteiger partial charge on any atom is 0.243 e. The highest BCUT2D eigenvalue weighted by Gasteiger charge is 2.31. The number of carbonyl (C=O) groups excluding carboxylic acids is 3. The van der Waals surface area contributed by atoms with E-state index in [0.717, 1.165) is 23.1 Å². The first kappa shape index (κ1) is 27.4. The van der Waals surface area contributed by atoms with Crippen molar-refractivity contribution in [3.63, 3.8) is 0 Å². The van der Waals surface area contributed by atoms with E-state index in [1.54, 1.807) is 20.8 Å². The van der Waals surface area contributed by atoms with Gasteiger partial charge in [-0.1, -0.05) is 11.6 Å². The standard InChI is InChI=1S/C23H26ClF2N3O4S/c1-14(22(32)28-23(2,3)4)29(17-9-10-19(26)18(24)11-17)21(31)13-34(33)12-20(30)27-16-7-5-15(25)6-8-16/h5-11,14H,12-13H2,1-4H3,(H,27,30)(H,28,32). The predicted octanol–water partition coefficient (Wildman–Crippen LogP) is 3.64. The van der Waals surface area contributed by atoms with Gasteiger partial charge in [-0.2, -0.15) is 0 Å². The van der Waals surface area contributed by atoms with Gasteiger partial charge in [0.05, 0.1) is 5.02 Å². The van der Waals surface area contributed by atoms with E-state index < -0.39 is 63.2 Å². The molecule has 0 saturated carbocycles. The lowest BCUT2D eigenvalue weighted by Gasteiger charge is -2.31. The van der Waals surface area contributed by atoms with Crippen molar-refractivity contribution >= 4 is 51.5 Å². The highest BCUT2D eigenvalue weighted by Crippen LogP contribution is 2.25. The fourth-order valence-corrected chi connectivity index (χ4v) is 4.00. The molecule has 184 valence electrons. The van der Waals surface area contributed by atoms with Crippen molar-refractivity contribution in [2.45, 2.75) is 39.3 Å². The first-order valence-corrected chi connectivity index (χ1v) is 12.1. The van der Waals surface area contributed by atoms with Crippen LogP contribution in [0.25, 0.3) is 0 Å². The zero-order chi connectivity index (χ0) is 25.6. The molecule has 0 spiro atoms. The molecule has 3 amide bonds. The molecular weight excluding hydrogens is 488 g/mol. The molecule has 2 atom stereocenters. The average molecular weight is 514 g/mol. The van der Waals surface area contributed by atoms with Crippen LogP contribution in [-0.4, -0.2) is 45.0 Å². The number of hydrogen-bond donors (Lipinski definition) is 2. The number of anilines is 2. The second kappa shape index (κ2) is 11.5. The third kappa shape index (κ3) is 8.18. The van der Waals surface area contributed by atoms with Crippen molar-refractivity contribution < 1.29 is 27.4 Å². The zero-order valence-electron chi connectivity index (χ0n) is 19.2. The topological polar surface area (TPSA) is 95.6 Å². The van der Waals surface area contributed by atoms with Gasteiger partial charge in [0.25, 0.3) is 0 Å². The number of rotatable bonds is 8. The summed E-state index contributed by atoms with van der Waals surface area (Å²) in [5, 5.41) is 4.98. The van der Waals surface area contributed by atoms with E-state index >= 15 is 0 Å². The first-order valence-electron chi connectivity index (χ1n) is 10.3. The molecule has 0 heterocycles. The minimum atomic E-state index is -1.93. The van der Waals surface area contributed by atoms with Crippen LogP contribution in [0.4, 0.5) is 20.2 Å². The van der Waals surface area contributed by atoms with Crippen LogP contribution in [0.3, 0.4) is 0 Å².